The van der Waals surface area contributed by atoms with Crippen LogP contribution >= 0.6 is 0 Å². The Morgan fingerprint density at radius 3 is 2.92 bits per heavy atom. The van der Waals surface area contributed by atoms with E-state index in [1.165, 1.54) is 0 Å². The van der Waals surface area contributed by atoms with E-state index in [9.17, 15) is 5.11 Å². The molecule has 1 aliphatic heterocycles. The molecule has 4 nitrogen and oxygen atoms in total. The van der Waals surface area contributed by atoms with Gasteiger partial charge in [0.15, 0.2) is 0 Å². The molecule has 0 aromatic heterocycles. The Hall–Kier alpha value is -0.160. The molecule has 1 rings (SSSR count). The molecule has 4 heteroatoms. The van der Waals surface area contributed by atoms with Gasteiger partial charge in [0.05, 0.1) is 31.5 Å². The van der Waals surface area contributed by atoms with Crippen molar-refractivity contribution in [2.75, 3.05) is 26.9 Å². The smallest absolute Gasteiger partial charge is 0.0948 e. The van der Waals surface area contributed by atoms with Crippen molar-refractivity contribution < 1.29 is 14.6 Å². The molecule has 1 saturated heterocycles. The second kappa shape index (κ2) is 4.77. The van der Waals surface area contributed by atoms with Gasteiger partial charge in [0.25, 0.3) is 0 Å². The summed E-state index contributed by atoms with van der Waals surface area (Å²) < 4.78 is 10.1. The molecule has 0 saturated carbocycles. The molecule has 12 heavy (non-hydrogen) atoms. The minimum absolute atomic E-state index is 0.0719. The quantitative estimate of drug-likeness (QED) is 0.597. The number of aliphatic hydroxyl groups is 1. The molecule has 0 spiro atoms. The molecule has 1 heterocycles. The first-order chi connectivity index (χ1) is 5.74. The molecule has 0 bridgehead atoms. The third-order valence-electron chi connectivity index (χ3n) is 2.12. The van der Waals surface area contributed by atoms with Crippen LogP contribution < -0.4 is 5.32 Å². The van der Waals surface area contributed by atoms with Crippen LogP contribution in [0.25, 0.3) is 0 Å². The van der Waals surface area contributed by atoms with E-state index in [-0.39, 0.29) is 18.2 Å². The zero-order chi connectivity index (χ0) is 8.97. The Morgan fingerprint density at radius 2 is 2.42 bits per heavy atom. The standard InChI is InChI=1S/C8H17NO3/c1-6(11-2)3-9-7-4-12-5-8(7)10/h6-10H,3-5H2,1-2H3. The molecule has 0 aromatic carbocycles. The Labute approximate surface area is 72.9 Å². The van der Waals surface area contributed by atoms with Crippen LogP contribution in [0.4, 0.5) is 0 Å². The summed E-state index contributed by atoms with van der Waals surface area (Å²) in [6, 6.07) is 0.0719. The Kier molecular flexibility index (Phi) is 3.94. The highest BCUT2D eigenvalue weighted by Gasteiger charge is 2.25. The van der Waals surface area contributed by atoms with Crippen molar-refractivity contribution in [2.45, 2.75) is 25.2 Å². The van der Waals surface area contributed by atoms with Crippen LogP contribution in [0.15, 0.2) is 0 Å². The fourth-order valence-corrected chi connectivity index (χ4v) is 1.14. The van der Waals surface area contributed by atoms with Gasteiger partial charge in [0.1, 0.15) is 0 Å². The Bertz CT molecular complexity index is 131. The summed E-state index contributed by atoms with van der Waals surface area (Å²) in [4.78, 5) is 0. The molecule has 0 radical (unpaired) electrons. The van der Waals surface area contributed by atoms with E-state index in [0.717, 1.165) is 6.54 Å². The monoisotopic (exact) mass is 175 g/mol. The minimum Gasteiger partial charge on any atom is -0.389 e. The Balaban J connectivity index is 2.13. The van der Waals surface area contributed by atoms with Crippen LogP contribution in [0.5, 0.6) is 0 Å². The second-order valence-corrected chi connectivity index (χ2v) is 3.17. The lowest BCUT2D eigenvalue weighted by Gasteiger charge is -2.17. The zero-order valence-electron chi connectivity index (χ0n) is 7.62. The number of hydrogen-bond donors (Lipinski definition) is 2. The third kappa shape index (κ3) is 2.71. The maximum atomic E-state index is 9.35. The van der Waals surface area contributed by atoms with E-state index in [2.05, 4.69) is 5.32 Å². The van der Waals surface area contributed by atoms with Gasteiger partial charge in [0.2, 0.25) is 0 Å². The first-order valence-corrected chi connectivity index (χ1v) is 4.26. The molecular formula is C8H17NO3. The average Bonchev–Trinajstić information content (AvgIpc) is 2.47. The molecule has 0 aromatic rings. The molecule has 3 atom stereocenters. The maximum absolute atomic E-state index is 9.35. The number of methoxy groups -OCH3 is 1. The largest absolute Gasteiger partial charge is 0.389 e. The molecule has 2 N–H and O–H groups in total. The van der Waals surface area contributed by atoms with Crippen molar-refractivity contribution in [1.82, 2.24) is 5.32 Å². The first-order valence-electron chi connectivity index (χ1n) is 4.26. The fraction of sp³-hybridized carbons (Fsp3) is 1.00. The highest BCUT2D eigenvalue weighted by atomic mass is 16.5. The number of hydrogen-bond acceptors (Lipinski definition) is 4. The summed E-state index contributed by atoms with van der Waals surface area (Å²) in [7, 11) is 1.67. The molecule has 1 aliphatic rings. The predicted molar refractivity (Wildman–Crippen MR) is 45.1 cm³/mol. The molecule has 0 aliphatic carbocycles. The van der Waals surface area contributed by atoms with Gasteiger partial charge in [-0.2, -0.15) is 0 Å². The Morgan fingerprint density at radius 1 is 1.67 bits per heavy atom. The van der Waals surface area contributed by atoms with Crippen LogP contribution in [0.1, 0.15) is 6.92 Å². The molecule has 3 unspecified atom stereocenters. The van der Waals surface area contributed by atoms with Gasteiger partial charge in [-0.3, -0.25) is 0 Å². The van der Waals surface area contributed by atoms with E-state index < -0.39 is 0 Å². The molecule has 0 amide bonds. The zero-order valence-corrected chi connectivity index (χ0v) is 7.62. The van der Waals surface area contributed by atoms with E-state index in [1.54, 1.807) is 7.11 Å². The molecular weight excluding hydrogens is 158 g/mol. The van der Waals surface area contributed by atoms with Gasteiger partial charge in [-0.05, 0) is 6.92 Å². The van der Waals surface area contributed by atoms with Crippen molar-refractivity contribution in [1.29, 1.82) is 0 Å². The summed E-state index contributed by atoms with van der Waals surface area (Å²) in [6.07, 6.45) is -0.188. The van der Waals surface area contributed by atoms with E-state index >= 15 is 0 Å². The predicted octanol–water partition coefficient (Wildman–Crippen LogP) is -0.629. The van der Waals surface area contributed by atoms with Crippen LogP contribution in [0.3, 0.4) is 0 Å². The first kappa shape index (κ1) is 9.92. The van der Waals surface area contributed by atoms with Gasteiger partial charge in [0, 0.05) is 13.7 Å². The highest BCUT2D eigenvalue weighted by molar-refractivity contribution is 4.80. The lowest BCUT2D eigenvalue weighted by atomic mass is 10.2. The number of nitrogens with one attached hydrogen (secondary N) is 1. The fourth-order valence-electron chi connectivity index (χ4n) is 1.14. The number of ether oxygens (including phenoxy) is 2. The van der Waals surface area contributed by atoms with Crippen molar-refractivity contribution in [2.24, 2.45) is 0 Å². The van der Waals surface area contributed by atoms with Crippen molar-refractivity contribution >= 4 is 0 Å². The van der Waals surface area contributed by atoms with Gasteiger partial charge in [-0.1, -0.05) is 0 Å². The van der Waals surface area contributed by atoms with E-state index in [4.69, 9.17) is 9.47 Å². The van der Waals surface area contributed by atoms with Gasteiger partial charge in [-0.25, -0.2) is 0 Å². The van der Waals surface area contributed by atoms with E-state index in [0.29, 0.717) is 13.2 Å². The number of rotatable bonds is 4. The van der Waals surface area contributed by atoms with Gasteiger partial charge >= 0.3 is 0 Å². The van der Waals surface area contributed by atoms with E-state index in [1.807, 2.05) is 6.92 Å². The third-order valence-corrected chi connectivity index (χ3v) is 2.12. The summed E-state index contributed by atoms with van der Waals surface area (Å²) in [6.45, 7) is 3.77. The second-order valence-electron chi connectivity index (χ2n) is 3.17. The van der Waals surface area contributed by atoms with Crippen molar-refractivity contribution in [3.63, 3.8) is 0 Å². The average molecular weight is 175 g/mol. The van der Waals surface area contributed by atoms with Crippen LogP contribution in [-0.4, -0.2) is 50.2 Å². The normalized spacial score (nSPS) is 32.2. The molecule has 72 valence electrons. The summed E-state index contributed by atoms with van der Waals surface area (Å²) in [5.74, 6) is 0. The number of aliphatic hydroxyl groups excluding tert-OH is 1. The molecule has 1 fully saturated rings. The topological polar surface area (TPSA) is 50.7 Å². The van der Waals surface area contributed by atoms with Crippen molar-refractivity contribution in [3.8, 4) is 0 Å². The SMILES string of the molecule is COC(C)CNC1COCC1O. The minimum atomic E-state index is -0.367. The van der Waals surface area contributed by atoms with Gasteiger partial charge < -0.3 is 19.9 Å². The van der Waals surface area contributed by atoms with Crippen LogP contribution in [-0.2, 0) is 9.47 Å². The van der Waals surface area contributed by atoms with Gasteiger partial charge in [-0.15, -0.1) is 0 Å². The van der Waals surface area contributed by atoms with Crippen molar-refractivity contribution in [3.05, 3.63) is 0 Å². The summed E-state index contributed by atoms with van der Waals surface area (Å²) in [5, 5.41) is 12.5. The lowest BCUT2D eigenvalue weighted by molar-refractivity contribution is 0.102. The van der Waals surface area contributed by atoms with Crippen LogP contribution in [0.2, 0.25) is 0 Å². The van der Waals surface area contributed by atoms with Crippen LogP contribution in [0, 0.1) is 0 Å². The lowest BCUT2D eigenvalue weighted by Crippen LogP contribution is -2.42. The summed E-state index contributed by atoms with van der Waals surface area (Å²) >= 11 is 0. The highest BCUT2D eigenvalue weighted by Crippen LogP contribution is 2.04. The summed E-state index contributed by atoms with van der Waals surface area (Å²) in [5.41, 5.74) is 0. The maximum Gasteiger partial charge on any atom is 0.0948 e.